The normalized spacial score (nSPS) is 15.2. The van der Waals surface area contributed by atoms with Gasteiger partial charge >= 0.3 is 0 Å². The molecule has 1 aliphatic carbocycles. The largest absolute Gasteiger partial charge is 0.456 e. The van der Waals surface area contributed by atoms with Crippen molar-refractivity contribution in [3.05, 3.63) is 205 Å². The van der Waals surface area contributed by atoms with E-state index in [0.29, 0.717) is 5.92 Å². The van der Waals surface area contributed by atoms with E-state index < -0.39 is 0 Å². The number of fused-ring (bicyclic) bond motifs is 7. The summed E-state index contributed by atoms with van der Waals surface area (Å²) in [6.45, 7) is 2.34. The number of allylic oxidation sites excluding steroid dienone is 1. The van der Waals surface area contributed by atoms with E-state index in [4.69, 9.17) is 8.83 Å². The number of hydrogen-bond acceptors (Lipinski definition) is 3. The lowest BCUT2D eigenvalue weighted by molar-refractivity contribution is 0.620. The van der Waals surface area contributed by atoms with Crippen LogP contribution in [0.2, 0.25) is 0 Å². The number of benzene rings is 8. The van der Waals surface area contributed by atoms with Crippen LogP contribution in [0.25, 0.3) is 72.2 Å². The van der Waals surface area contributed by atoms with Gasteiger partial charge in [0.1, 0.15) is 22.3 Å². The van der Waals surface area contributed by atoms with E-state index in [1.54, 1.807) is 0 Å². The summed E-state index contributed by atoms with van der Waals surface area (Å²) in [4.78, 5) is 2.42. The van der Waals surface area contributed by atoms with E-state index in [-0.39, 0.29) is 5.92 Å². The predicted octanol–water partition coefficient (Wildman–Crippen LogP) is 15.1. The van der Waals surface area contributed by atoms with Gasteiger partial charge in [0.15, 0.2) is 0 Å². The fourth-order valence-electron chi connectivity index (χ4n) is 9.03. The lowest BCUT2D eigenvalue weighted by atomic mass is 9.73. The van der Waals surface area contributed by atoms with Gasteiger partial charge in [0.2, 0.25) is 0 Å². The quantitative estimate of drug-likeness (QED) is 0.171. The highest BCUT2D eigenvalue weighted by atomic mass is 16.3. The van der Waals surface area contributed by atoms with Gasteiger partial charge in [-0.1, -0.05) is 146 Å². The number of rotatable bonds is 6. The van der Waals surface area contributed by atoms with Crippen LogP contribution < -0.4 is 4.90 Å². The van der Waals surface area contributed by atoms with Gasteiger partial charge in [0.25, 0.3) is 0 Å². The molecule has 0 spiro atoms. The van der Waals surface area contributed by atoms with E-state index in [0.717, 1.165) is 72.1 Å². The van der Waals surface area contributed by atoms with E-state index in [1.807, 2.05) is 24.3 Å². The number of para-hydroxylation sites is 4. The summed E-state index contributed by atoms with van der Waals surface area (Å²) in [7, 11) is 0. The van der Waals surface area contributed by atoms with Crippen LogP contribution in [0.3, 0.4) is 0 Å². The van der Waals surface area contributed by atoms with Crippen molar-refractivity contribution >= 4 is 67.0 Å². The molecule has 8 aromatic carbocycles. The molecule has 0 saturated carbocycles. The van der Waals surface area contributed by atoms with E-state index >= 15 is 0 Å². The second kappa shape index (κ2) is 13.0. The highest BCUT2D eigenvalue weighted by Gasteiger charge is 2.30. The fraction of sp³-hybridized carbons (Fsp3) is 0.0566. The first kappa shape index (κ1) is 32.3. The number of anilines is 3. The molecule has 11 rings (SSSR count). The lowest BCUT2D eigenvalue weighted by Gasteiger charge is -2.33. The van der Waals surface area contributed by atoms with Gasteiger partial charge in [-0.15, -0.1) is 0 Å². The van der Waals surface area contributed by atoms with E-state index in [1.165, 1.54) is 27.8 Å². The summed E-state index contributed by atoms with van der Waals surface area (Å²) < 4.78 is 12.8. The molecule has 0 saturated heterocycles. The average molecular weight is 720 g/mol. The summed E-state index contributed by atoms with van der Waals surface area (Å²) in [5, 5.41) is 4.44. The van der Waals surface area contributed by atoms with Gasteiger partial charge in [-0.05, 0) is 82.3 Å². The van der Waals surface area contributed by atoms with Crippen molar-refractivity contribution in [3.8, 4) is 22.3 Å². The monoisotopic (exact) mass is 719 g/mol. The molecule has 2 atom stereocenters. The van der Waals surface area contributed by atoms with Crippen LogP contribution in [0.4, 0.5) is 17.1 Å². The van der Waals surface area contributed by atoms with Crippen molar-refractivity contribution in [2.24, 2.45) is 5.92 Å². The van der Waals surface area contributed by atoms with Gasteiger partial charge in [-0.25, -0.2) is 0 Å². The summed E-state index contributed by atoms with van der Waals surface area (Å²) in [6, 6.07) is 65.2. The zero-order valence-corrected chi connectivity index (χ0v) is 30.9. The van der Waals surface area contributed by atoms with Crippen LogP contribution >= 0.6 is 0 Å². The lowest BCUT2D eigenvalue weighted by Crippen LogP contribution is -2.17. The third-order valence-electron chi connectivity index (χ3n) is 11.6. The molecule has 0 bridgehead atoms. The molecule has 1 aliphatic rings. The Hall–Kier alpha value is -7.10. The number of nitrogens with zero attached hydrogens (tertiary/aromatic N) is 1. The summed E-state index contributed by atoms with van der Waals surface area (Å²) in [5.41, 5.74) is 15.3. The van der Waals surface area contributed by atoms with Crippen molar-refractivity contribution in [1.29, 1.82) is 0 Å². The van der Waals surface area contributed by atoms with Gasteiger partial charge in [-0.2, -0.15) is 0 Å². The molecule has 2 aromatic heterocycles. The Morgan fingerprint density at radius 1 is 0.446 bits per heavy atom. The van der Waals surface area contributed by atoms with Crippen molar-refractivity contribution < 1.29 is 8.83 Å². The minimum Gasteiger partial charge on any atom is -0.456 e. The maximum Gasteiger partial charge on any atom is 0.137 e. The molecule has 0 N–H and O–H groups in total. The maximum absolute atomic E-state index is 6.53. The molecular weight excluding hydrogens is 683 g/mol. The summed E-state index contributed by atoms with van der Waals surface area (Å²) >= 11 is 0. The van der Waals surface area contributed by atoms with Crippen molar-refractivity contribution in [1.82, 2.24) is 0 Å². The molecule has 266 valence electrons. The highest BCUT2D eigenvalue weighted by Crippen LogP contribution is 2.50. The molecule has 0 amide bonds. The molecular formula is C53H37NO2. The second-order valence-electron chi connectivity index (χ2n) is 14.9. The summed E-state index contributed by atoms with van der Waals surface area (Å²) in [5.74, 6) is 0.545. The number of hydrogen-bond donors (Lipinski definition) is 0. The molecule has 0 fully saturated rings. The first-order chi connectivity index (χ1) is 27.7. The molecule has 2 heterocycles. The van der Waals surface area contributed by atoms with Crippen LogP contribution in [0.15, 0.2) is 197 Å². The second-order valence-corrected chi connectivity index (χ2v) is 14.9. The third-order valence-corrected chi connectivity index (χ3v) is 11.6. The van der Waals surface area contributed by atoms with E-state index in [2.05, 4.69) is 182 Å². The Morgan fingerprint density at radius 3 is 1.86 bits per heavy atom. The van der Waals surface area contributed by atoms with Gasteiger partial charge < -0.3 is 13.7 Å². The van der Waals surface area contributed by atoms with Gasteiger partial charge in [-0.3, -0.25) is 0 Å². The van der Waals surface area contributed by atoms with Crippen molar-refractivity contribution in [3.63, 3.8) is 0 Å². The van der Waals surface area contributed by atoms with E-state index in [9.17, 15) is 0 Å². The van der Waals surface area contributed by atoms with Crippen LogP contribution in [0, 0.1) is 5.92 Å². The average Bonchev–Trinajstić information content (AvgIpc) is 3.82. The first-order valence-corrected chi connectivity index (χ1v) is 19.4. The summed E-state index contributed by atoms with van der Waals surface area (Å²) in [6.07, 6.45) is 4.67. The number of furan rings is 2. The van der Waals surface area contributed by atoms with Crippen LogP contribution in [0.1, 0.15) is 29.5 Å². The fourth-order valence-corrected chi connectivity index (χ4v) is 9.03. The van der Waals surface area contributed by atoms with Gasteiger partial charge in [0, 0.05) is 50.3 Å². The predicted molar refractivity (Wildman–Crippen MR) is 233 cm³/mol. The third kappa shape index (κ3) is 5.20. The first-order valence-electron chi connectivity index (χ1n) is 19.4. The topological polar surface area (TPSA) is 29.5 Å². The Morgan fingerprint density at radius 2 is 1.05 bits per heavy atom. The molecule has 0 radical (unpaired) electrons. The molecule has 10 aromatic rings. The Labute approximate surface area is 325 Å². The molecule has 56 heavy (non-hydrogen) atoms. The van der Waals surface area contributed by atoms with Crippen LogP contribution in [-0.2, 0) is 0 Å². The minimum absolute atomic E-state index is 0.213. The Bertz CT molecular complexity index is 3130. The highest BCUT2D eigenvalue weighted by molar-refractivity contribution is 6.08. The SMILES string of the molecule is CC1C=Cc2cccc(-c3ccccc3N(c3ccc4c(c3)oc3ccccc34)c3ccccc3-c3ccc4oc5ccccc5c4c3)c2C1c1ccccc1. The zero-order chi connectivity index (χ0) is 37.2. The molecule has 3 heteroatoms. The standard InChI is InChI=1S/C53H37NO2/c1-34-26-27-36-16-13-21-44(53(36)52(34)35-14-3-2-4-15-35)40-18-6-10-23-47(40)54(38-29-30-43-41-19-7-11-24-48(41)56-51(43)33-38)46-22-9-5-17-39(46)37-28-31-50-45(32-37)42-20-8-12-25-49(42)55-50/h2-34,52H,1H3. The Balaban J connectivity index is 1.16. The molecule has 2 unspecified atom stereocenters. The van der Waals surface area contributed by atoms with Crippen molar-refractivity contribution in [2.75, 3.05) is 4.90 Å². The van der Waals surface area contributed by atoms with Crippen LogP contribution in [0.5, 0.6) is 0 Å². The zero-order valence-electron chi connectivity index (χ0n) is 30.9. The smallest absolute Gasteiger partial charge is 0.137 e. The minimum atomic E-state index is 0.213. The molecule has 0 aliphatic heterocycles. The Kier molecular flexibility index (Phi) is 7.53. The van der Waals surface area contributed by atoms with Crippen LogP contribution in [-0.4, -0.2) is 0 Å². The molecule has 3 nitrogen and oxygen atoms in total. The van der Waals surface area contributed by atoms with Gasteiger partial charge in [0.05, 0.1) is 11.4 Å². The maximum atomic E-state index is 6.53. The van der Waals surface area contributed by atoms with Crippen molar-refractivity contribution in [2.45, 2.75) is 12.8 Å².